The smallest absolute Gasteiger partial charge is 0.408 e. The van der Waals surface area contributed by atoms with Crippen LogP contribution in [-0.4, -0.2) is 58.6 Å². The summed E-state index contributed by atoms with van der Waals surface area (Å²) in [6.07, 6.45) is 1.66. The summed E-state index contributed by atoms with van der Waals surface area (Å²) < 4.78 is 5.04. The molecule has 124 valence electrons. The van der Waals surface area contributed by atoms with E-state index in [-0.39, 0.29) is 13.0 Å². The number of ketones is 1. The van der Waals surface area contributed by atoms with E-state index >= 15 is 0 Å². The minimum Gasteiger partial charge on any atom is -0.480 e. The van der Waals surface area contributed by atoms with Crippen molar-refractivity contribution in [1.82, 2.24) is 10.2 Å². The third kappa shape index (κ3) is 4.07. The fourth-order valence-electron chi connectivity index (χ4n) is 2.57. The maximum absolute atomic E-state index is 12.4. The van der Waals surface area contributed by atoms with Gasteiger partial charge in [-0.1, -0.05) is 6.08 Å². The van der Waals surface area contributed by atoms with Crippen LogP contribution in [0.15, 0.2) is 12.7 Å². The van der Waals surface area contributed by atoms with Crippen LogP contribution in [0.2, 0.25) is 0 Å². The number of hydrogen-bond donors (Lipinski definition) is 2. The molecular formula is C15H24N2O5. The van der Waals surface area contributed by atoms with Gasteiger partial charge in [0.05, 0.1) is 6.54 Å². The molecule has 2 N–H and O–H groups in total. The van der Waals surface area contributed by atoms with Crippen molar-refractivity contribution in [2.45, 2.75) is 44.8 Å². The number of hydrogen-bond acceptors (Lipinski definition) is 5. The Bertz CT molecular complexity index is 469. The number of carbonyl (C=O) groups excluding carboxylic acids is 2. The first-order valence-corrected chi connectivity index (χ1v) is 7.23. The molecule has 0 aromatic carbocycles. The summed E-state index contributed by atoms with van der Waals surface area (Å²) in [5, 5.41) is 11.9. The zero-order valence-corrected chi connectivity index (χ0v) is 13.3. The van der Waals surface area contributed by atoms with Crippen molar-refractivity contribution in [3.8, 4) is 0 Å². The molecule has 0 bridgehead atoms. The second kappa shape index (κ2) is 6.91. The van der Waals surface area contributed by atoms with E-state index in [0.29, 0.717) is 19.5 Å². The number of rotatable bonds is 6. The van der Waals surface area contributed by atoms with Gasteiger partial charge < -0.3 is 15.2 Å². The van der Waals surface area contributed by atoms with E-state index in [9.17, 15) is 19.5 Å². The number of carbonyl (C=O) groups is 3. The Balaban J connectivity index is 2.77. The van der Waals surface area contributed by atoms with Gasteiger partial charge in [0.25, 0.3) is 0 Å². The Morgan fingerprint density at radius 2 is 2.05 bits per heavy atom. The molecule has 7 heteroatoms. The summed E-state index contributed by atoms with van der Waals surface area (Å²) in [7, 11) is 0. The highest BCUT2D eigenvalue weighted by molar-refractivity contribution is 6.09. The van der Waals surface area contributed by atoms with Crippen molar-refractivity contribution in [3.05, 3.63) is 12.7 Å². The molecule has 7 nitrogen and oxygen atoms in total. The third-order valence-corrected chi connectivity index (χ3v) is 3.46. The van der Waals surface area contributed by atoms with Gasteiger partial charge in [0.2, 0.25) is 0 Å². The van der Waals surface area contributed by atoms with Crippen molar-refractivity contribution < 1.29 is 24.2 Å². The van der Waals surface area contributed by atoms with Crippen LogP contribution in [0.1, 0.15) is 33.6 Å². The highest BCUT2D eigenvalue weighted by Crippen LogP contribution is 2.30. The van der Waals surface area contributed by atoms with Gasteiger partial charge in [0, 0.05) is 13.1 Å². The molecule has 0 aromatic heterocycles. The van der Waals surface area contributed by atoms with Gasteiger partial charge in [-0.05, 0) is 33.6 Å². The third-order valence-electron chi connectivity index (χ3n) is 3.46. The molecule has 1 heterocycles. The Morgan fingerprint density at radius 3 is 2.55 bits per heavy atom. The zero-order chi connectivity index (χ0) is 17.0. The highest BCUT2D eigenvalue weighted by Gasteiger charge is 2.52. The first-order valence-electron chi connectivity index (χ1n) is 7.23. The number of carboxylic acids is 1. The van der Waals surface area contributed by atoms with Crippen LogP contribution in [0.4, 0.5) is 4.79 Å². The summed E-state index contributed by atoms with van der Waals surface area (Å²) in [5.41, 5.74) is -2.27. The number of aliphatic carboxylic acids is 1. The van der Waals surface area contributed by atoms with E-state index in [1.54, 1.807) is 31.7 Å². The highest BCUT2D eigenvalue weighted by atomic mass is 16.6. The van der Waals surface area contributed by atoms with Crippen LogP contribution in [0.25, 0.3) is 0 Å². The lowest BCUT2D eigenvalue weighted by molar-refractivity contribution is -0.155. The summed E-state index contributed by atoms with van der Waals surface area (Å²) in [6.45, 7) is 9.14. The van der Waals surface area contributed by atoms with Crippen LogP contribution < -0.4 is 5.32 Å². The maximum Gasteiger partial charge on any atom is 0.408 e. The van der Waals surface area contributed by atoms with Gasteiger partial charge in [-0.25, -0.2) is 9.59 Å². The largest absolute Gasteiger partial charge is 0.480 e. The fraction of sp³-hybridized carbons (Fsp3) is 0.667. The molecule has 22 heavy (non-hydrogen) atoms. The second-order valence-electron chi connectivity index (χ2n) is 6.28. The van der Waals surface area contributed by atoms with Gasteiger partial charge >= 0.3 is 12.1 Å². The molecule has 0 radical (unpaired) electrons. The SMILES string of the molecule is C=CCN1CCC[C@]1(C(=O)O)C(=O)CNC(=O)OC(C)(C)C. The molecule has 0 spiro atoms. The molecule has 1 amide bonds. The lowest BCUT2D eigenvalue weighted by atomic mass is 9.90. The first kappa shape index (κ1) is 18.2. The average Bonchev–Trinajstić information content (AvgIpc) is 2.79. The van der Waals surface area contributed by atoms with Gasteiger partial charge in [0.15, 0.2) is 11.3 Å². The zero-order valence-electron chi connectivity index (χ0n) is 13.3. The fourth-order valence-corrected chi connectivity index (χ4v) is 2.57. The molecule has 0 aliphatic carbocycles. The number of carboxylic acid groups (broad SMARTS) is 1. The predicted octanol–water partition coefficient (Wildman–Crippen LogP) is 1.19. The summed E-state index contributed by atoms with van der Waals surface area (Å²) in [4.78, 5) is 37.3. The number of amides is 1. The molecule has 1 aliphatic rings. The molecule has 1 rings (SSSR count). The first-order chi connectivity index (χ1) is 10.1. The topological polar surface area (TPSA) is 95.9 Å². The average molecular weight is 312 g/mol. The molecule has 1 aliphatic heterocycles. The van der Waals surface area contributed by atoms with Crippen LogP contribution in [0, 0.1) is 0 Å². The van der Waals surface area contributed by atoms with Crippen LogP contribution in [-0.2, 0) is 14.3 Å². The number of alkyl carbamates (subject to hydrolysis) is 1. The van der Waals surface area contributed by atoms with Gasteiger partial charge in [0.1, 0.15) is 5.60 Å². The summed E-state index contributed by atoms with van der Waals surface area (Å²) in [6, 6.07) is 0. The van der Waals surface area contributed by atoms with Crippen molar-refractivity contribution >= 4 is 17.8 Å². The quantitative estimate of drug-likeness (QED) is 0.565. The van der Waals surface area contributed by atoms with E-state index in [2.05, 4.69) is 11.9 Å². The van der Waals surface area contributed by atoms with E-state index < -0.39 is 29.0 Å². The molecule has 0 saturated carbocycles. The lowest BCUT2D eigenvalue weighted by Crippen LogP contribution is -2.59. The molecule has 1 fully saturated rings. The van der Waals surface area contributed by atoms with E-state index in [1.165, 1.54) is 0 Å². The monoisotopic (exact) mass is 312 g/mol. The van der Waals surface area contributed by atoms with E-state index in [0.717, 1.165) is 0 Å². The van der Waals surface area contributed by atoms with Crippen molar-refractivity contribution in [1.29, 1.82) is 0 Å². The molecular weight excluding hydrogens is 288 g/mol. The Kier molecular flexibility index (Phi) is 5.71. The van der Waals surface area contributed by atoms with Gasteiger partial charge in [-0.3, -0.25) is 9.69 Å². The summed E-state index contributed by atoms with van der Waals surface area (Å²) >= 11 is 0. The number of Topliss-reactive ketones (excluding diaryl/α,β-unsaturated/α-hetero) is 1. The van der Waals surface area contributed by atoms with Crippen LogP contribution in [0.5, 0.6) is 0 Å². The second-order valence-corrected chi connectivity index (χ2v) is 6.28. The standard InChI is InChI=1S/C15H24N2O5/c1-5-8-17-9-6-7-15(17,12(19)20)11(18)10-16-13(21)22-14(2,3)4/h5H,1,6-10H2,2-4H3,(H,16,21)(H,19,20)/t15-/m1/s1. The van der Waals surface area contributed by atoms with Crippen molar-refractivity contribution in [2.75, 3.05) is 19.6 Å². The van der Waals surface area contributed by atoms with Gasteiger partial charge in [-0.2, -0.15) is 0 Å². The number of nitrogens with zero attached hydrogens (tertiary/aromatic N) is 1. The number of likely N-dealkylation sites (tertiary alicyclic amines) is 1. The normalized spacial score (nSPS) is 22.1. The number of ether oxygens (including phenoxy) is 1. The minimum absolute atomic E-state index is 0.227. The lowest BCUT2D eigenvalue weighted by Gasteiger charge is -2.32. The summed E-state index contributed by atoms with van der Waals surface area (Å²) in [5.74, 6) is -1.74. The van der Waals surface area contributed by atoms with E-state index in [4.69, 9.17) is 4.74 Å². The Hall–Kier alpha value is -1.89. The predicted molar refractivity (Wildman–Crippen MR) is 80.6 cm³/mol. The maximum atomic E-state index is 12.4. The van der Waals surface area contributed by atoms with Crippen molar-refractivity contribution in [2.24, 2.45) is 0 Å². The van der Waals surface area contributed by atoms with Gasteiger partial charge in [-0.15, -0.1) is 6.58 Å². The molecule has 0 aromatic rings. The van der Waals surface area contributed by atoms with Crippen LogP contribution in [0.3, 0.4) is 0 Å². The Morgan fingerprint density at radius 1 is 1.41 bits per heavy atom. The minimum atomic E-state index is -1.59. The molecule has 1 saturated heterocycles. The Labute approximate surface area is 130 Å². The van der Waals surface area contributed by atoms with Crippen molar-refractivity contribution in [3.63, 3.8) is 0 Å². The molecule has 1 atom stereocenters. The van der Waals surface area contributed by atoms with Crippen LogP contribution >= 0.6 is 0 Å². The van der Waals surface area contributed by atoms with E-state index in [1.807, 2.05) is 0 Å². The molecule has 0 unspecified atom stereocenters. The number of nitrogens with one attached hydrogen (secondary N) is 1.